The molecule has 0 saturated heterocycles. The summed E-state index contributed by atoms with van der Waals surface area (Å²) in [6.45, 7) is 5.54. The minimum atomic E-state index is -0.206. The van der Waals surface area contributed by atoms with E-state index >= 15 is 0 Å². The second-order valence-corrected chi connectivity index (χ2v) is 6.44. The van der Waals surface area contributed by atoms with Crippen LogP contribution in [0.25, 0.3) is 11.4 Å². The van der Waals surface area contributed by atoms with Crippen molar-refractivity contribution < 1.29 is 4.79 Å². The van der Waals surface area contributed by atoms with Crippen molar-refractivity contribution in [1.82, 2.24) is 30.0 Å². The number of amides is 1. The molecule has 2 aromatic carbocycles. The number of anilines is 1. The summed E-state index contributed by atoms with van der Waals surface area (Å²) in [6, 6.07) is 17.1. The van der Waals surface area contributed by atoms with Crippen molar-refractivity contribution in [2.24, 2.45) is 0 Å². The van der Waals surface area contributed by atoms with E-state index in [-0.39, 0.29) is 5.91 Å². The van der Waals surface area contributed by atoms with E-state index in [1.165, 1.54) is 0 Å². The predicted octanol–water partition coefficient (Wildman–Crippen LogP) is 3.03. The number of nitrogens with zero attached hydrogens (tertiary/aromatic N) is 6. The second-order valence-electron chi connectivity index (χ2n) is 6.44. The van der Waals surface area contributed by atoms with Gasteiger partial charge < -0.3 is 5.32 Å². The SMILES string of the molecule is Cc1nn(-c2ccccc2)c(C)c1C(=O)Nc1cccc(-n2nnnc2C)c1. The van der Waals surface area contributed by atoms with Crippen molar-refractivity contribution in [2.45, 2.75) is 20.8 Å². The lowest BCUT2D eigenvalue weighted by Crippen LogP contribution is -2.14. The van der Waals surface area contributed by atoms with E-state index < -0.39 is 0 Å². The van der Waals surface area contributed by atoms with Crippen LogP contribution in [0.5, 0.6) is 0 Å². The van der Waals surface area contributed by atoms with Crippen LogP contribution < -0.4 is 5.32 Å². The lowest BCUT2D eigenvalue weighted by molar-refractivity contribution is 0.102. The zero-order chi connectivity index (χ0) is 19.7. The number of carbonyl (C=O) groups is 1. The minimum absolute atomic E-state index is 0.206. The molecule has 4 aromatic rings. The molecule has 4 rings (SSSR count). The highest BCUT2D eigenvalue weighted by Crippen LogP contribution is 2.20. The summed E-state index contributed by atoms with van der Waals surface area (Å²) >= 11 is 0. The summed E-state index contributed by atoms with van der Waals surface area (Å²) in [5.41, 5.74) is 4.36. The Bertz CT molecular complexity index is 1140. The van der Waals surface area contributed by atoms with Crippen LogP contribution in [0.3, 0.4) is 0 Å². The van der Waals surface area contributed by atoms with Crippen LogP contribution in [0.1, 0.15) is 27.6 Å². The van der Waals surface area contributed by atoms with E-state index in [2.05, 4.69) is 25.9 Å². The summed E-state index contributed by atoms with van der Waals surface area (Å²) in [7, 11) is 0. The third-order valence-electron chi connectivity index (χ3n) is 4.49. The number of benzene rings is 2. The van der Waals surface area contributed by atoms with Gasteiger partial charge in [0.2, 0.25) is 0 Å². The number of tetrazole rings is 1. The average molecular weight is 373 g/mol. The summed E-state index contributed by atoms with van der Waals surface area (Å²) in [4.78, 5) is 13.0. The Kier molecular flexibility index (Phi) is 4.44. The lowest BCUT2D eigenvalue weighted by atomic mass is 10.1. The van der Waals surface area contributed by atoms with Gasteiger partial charge in [-0.1, -0.05) is 24.3 Å². The highest BCUT2D eigenvalue weighted by molar-refractivity contribution is 6.06. The standard InChI is InChI=1S/C20H19N7O/c1-13-19(14(2)26(23-13)17-9-5-4-6-10-17)20(28)21-16-8-7-11-18(12-16)27-15(3)22-24-25-27/h4-12H,1-3H3,(H,21,28). The molecule has 0 bridgehead atoms. The molecule has 2 aromatic heterocycles. The number of para-hydroxylation sites is 1. The largest absolute Gasteiger partial charge is 0.322 e. The highest BCUT2D eigenvalue weighted by Gasteiger charge is 2.19. The van der Waals surface area contributed by atoms with Crippen LogP contribution in [-0.2, 0) is 0 Å². The van der Waals surface area contributed by atoms with Gasteiger partial charge >= 0.3 is 0 Å². The molecule has 0 aliphatic heterocycles. The van der Waals surface area contributed by atoms with Gasteiger partial charge in [0.05, 0.1) is 28.3 Å². The second kappa shape index (κ2) is 7.07. The van der Waals surface area contributed by atoms with Gasteiger partial charge in [-0.05, 0) is 61.5 Å². The van der Waals surface area contributed by atoms with Crippen LogP contribution in [0.15, 0.2) is 54.6 Å². The molecular formula is C20H19N7O. The number of hydrogen-bond acceptors (Lipinski definition) is 5. The van der Waals surface area contributed by atoms with Crippen LogP contribution in [-0.4, -0.2) is 35.9 Å². The molecule has 0 aliphatic rings. The van der Waals surface area contributed by atoms with Gasteiger partial charge in [0.1, 0.15) is 0 Å². The van der Waals surface area contributed by atoms with Gasteiger partial charge in [-0.3, -0.25) is 4.79 Å². The Labute approximate surface area is 161 Å². The van der Waals surface area contributed by atoms with Crippen LogP contribution in [0.4, 0.5) is 5.69 Å². The van der Waals surface area contributed by atoms with Crippen molar-refractivity contribution in [1.29, 1.82) is 0 Å². The molecule has 0 spiro atoms. The predicted molar refractivity (Wildman–Crippen MR) is 105 cm³/mol. The van der Waals surface area contributed by atoms with E-state index in [4.69, 9.17) is 0 Å². The van der Waals surface area contributed by atoms with Crippen LogP contribution in [0, 0.1) is 20.8 Å². The maximum Gasteiger partial charge on any atom is 0.259 e. The van der Waals surface area contributed by atoms with Gasteiger partial charge in [0, 0.05) is 5.69 Å². The summed E-state index contributed by atoms with van der Waals surface area (Å²) < 4.78 is 3.39. The molecular weight excluding hydrogens is 354 g/mol. The van der Waals surface area contributed by atoms with Crippen LogP contribution in [0.2, 0.25) is 0 Å². The first-order valence-electron chi connectivity index (χ1n) is 8.83. The molecule has 8 heteroatoms. The fourth-order valence-corrected chi connectivity index (χ4v) is 3.17. The Morgan fingerprint density at radius 3 is 2.39 bits per heavy atom. The Morgan fingerprint density at radius 2 is 1.68 bits per heavy atom. The van der Waals surface area contributed by atoms with Gasteiger partial charge in [-0.25, -0.2) is 4.68 Å². The van der Waals surface area contributed by atoms with E-state index in [0.717, 1.165) is 17.1 Å². The molecule has 0 aliphatic carbocycles. The zero-order valence-corrected chi connectivity index (χ0v) is 15.8. The normalized spacial score (nSPS) is 10.8. The molecule has 0 radical (unpaired) electrons. The van der Waals surface area contributed by atoms with E-state index in [1.54, 1.807) is 9.36 Å². The topological polar surface area (TPSA) is 90.5 Å². The molecule has 28 heavy (non-hydrogen) atoms. The first-order chi connectivity index (χ1) is 13.5. The molecule has 0 atom stereocenters. The van der Waals surface area contributed by atoms with Crippen LogP contribution >= 0.6 is 0 Å². The molecule has 0 fully saturated rings. The molecule has 8 nitrogen and oxygen atoms in total. The molecule has 1 amide bonds. The van der Waals surface area contributed by atoms with Crippen molar-refractivity contribution in [2.75, 3.05) is 5.32 Å². The lowest BCUT2D eigenvalue weighted by Gasteiger charge is -2.09. The number of aromatic nitrogens is 6. The van der Waals surface area contributed by atoms with E-state index in [1.807, 2.05) is 75.4 Å². The maximum absolute atomic E-state index is 13.0. The van der Waals surface area contributed by atoms with Gasteiger partial charge in [0.25, 0.3) is 5.91 Å². The molecule has 0 saturated carbocycles. The zero-order valence-electron chi connectivity index (χ0n) is 15.8. The van der Waals surface area contributed by atoms with Gasteiger partial charge in [0.15, 0.2) is 5.82 Å². The summed E-state index contributed by atoms with van der Waals surface area (Å²) in [5.74, 6) is 0.460. The smallest absolute Gasteiger partial charge is 0.259 e. The Hall–Kier alpha value is -3.81. The van der Waals surface area contributed by atoms with Crippen molar-refractivity contribution in [3.05, 3.63) is 77.4 Å². The third-order valence-corrected chi connectivity index (χ3v) is 4.49. The number of carbonyl (C=O) groups excluding carboxylic acids is 1. The van der Waals surface area contributed by atoms with Crippen molar-refractivity contribution in [3.63, 3.8) is 0 Å². The molecule has 2 heterocycles. The fourth-order valence-electron chi connectivity index (χ4n) is 3.17. The summed E-state index contributed by atoms with van der Waals surface area (Å²) in [6.07, 6.45) is 0. The first kappa shape index (κ1) is 17.6. The monoisotopic (exact) mass is 373 g/mol. The minimum Gasteiger partial charge on any atom is -0.322 e. The Balaban J connectivity index is 1.63. The quantitative estimate of drug-likeness (QED) is 0.594. The van der Waals surface area contributed by atoms with E-state index in [0.29, 0.717) is 22.8 Å². The van der Waals surface area contributed by atoms with E-state index in [9.17, 15) is 4.79 Å². The third kappa shape index (κ3) is 3.16. The molecule has 1 N–H and O–H groups in total. The van der Waals surface area contributed by atoms with Gasteiger partial charge in [-0.15, -0.1) is 5.10 Å². The fraction of sp³-hybridized carbons (Fsp3) is 0.150. The van der Waals surface area contributed by atoms with Crippen molar-refractivity contribution >= 4 is 11.6 Å². The molecule has 140 valence electrons. The first-order valence-corrected chi connectivity index (χ1v) is 8.83. The number of nitrogens with one attached hydrogen (secondary N) is 1. The highest BCUT2D eigenvalue weighted by atomic mass is 16.1. The summed E-state index contributed by atoms with van der Waals surface area (Å²) in [5, 5.41) is 19.0. The number of hydrogen-bond donors (Lipinski definition) is 1. The molecule has 0 unspecified atom stereocenters. The average Bonchev–Trinajstić information content (AvgIpc) is 3.25. The Morgan fingerprint density at radius 1 is 0.929 bits per heavy atom. The van der Waals surface area contributed by atoms with Gasteiger partial charge in [-0.2, -0.15) is 9.78 Å². The number of aryl methyl sites for hydroxylation is 2. The maximum atomic E-state index is 13.0. The van der Waals surface area contributed by atoms with Crippen molar-refractivity contribution in [3.8, 4) is 11.4 Å². The number of rotatable bonds is 4.